The van der Waals surface area contributed by atoms with Gasteiger partial charge in [-0.05, 0) is 19.1 Å². The molecule has 1 atom stereocenters. The molecule has 1 aromatic carbocycles. The number of rotatable bonds is 5. The van der Waals surface area contributed by atoms with Crippen molar-refractivity contribution in [2.75, 3.05) is 11.1 Å². The standard InChI is InChI=1S/C11H14N2O2S/c1-8(11(12)15)16-7-10(14)13-9-5-3-2-4-6-9/h2-6,8H,7H2,1H3,(H2,12,15)(H,13,14). The fourth-order valence-electron chi connectivity index (χ4n) is 1.00. The molecule has 0 aliphatic rings. The molecule has 16 heavy (non-hydrogen) atoms. The summed E-state index contributed by atoms with van der Waals surface area (Å²) in [5.41, 5.74) is 5.83. The Kier molecular flexibility index (Phi) is 4.85. The quantitative estimate of drug-likeness (QED) is 0.810. The molecule has 0 aromatic heterocycles. The van der Waals surface area contributed by atoms with E-state index in [9.17, 15) is 9.59 Å². The van der Waals surface area contributed by atoms with Crippen LogP contribution in [0, 0.1) is 0 Å². The third-order valence-corrected chi connectivity index (χ3v) is 3.08. The Balaban J connectivity index is 2.35. The number of hydrogen-bond donors (Lipinski definition) is 2. The Hall–Kier alpha value is -1.49. The van der Waals surface area contributed by atoms with Gasteiger partial charge >= 0.3 is 0 Å². The lowest BCUT2D eigenvalue weighted by Crippen LogP contribution is -2.25. The highest BCUT2D eigenvalue weighted by Crippen LogP contribution is 2.11. The van der Waals surface area contributed by atoms with Crippen molar-refractivity contribution < 1.29 is 9.59 Å². The number of primary amides is 1. The van der Waals surface area contributed by atoms with Crippen molar-refractivity contribution in [1.29, 1.82) is 0 Å². The highest BCUT2D eigenvalue weighted by molar-refractivity contribution is 8.01. The van der Waals surface area contributed by atoms with Crippen LogP contribution in [0.4, 0.5) is 5.69 Å². The minimum Gasteiger partial charge on any atom is -0.369 e. The summed E-state index contributed by atoms with van der Waals surface area (Å²) < 4.78 is 0. The van der Waals surface area contributed by atoms with E-state index in [1.165, 1.54) is 11.8 Å². The zero-order valence-electron chi connectivity index (χ0n) is 8.97. The Labute approximate surface area is 98.6 Å². The lowest BCUT2D eigenvalue weighted by atomic mass is 10.3. The molecule has 3 N–H and O–H groups in total. The molecule has 0 radical (unpaired) electrons. The fraction of sp³-hybridized carbons (Fsp3) is 0.273. The highest BCUT2D eigenvalue weighted by Gasteiger charge is 2.11. The largest absolute Gasteiger partial charge is 0.369 e. The van der Waals surface area contributed by atoms with E-state index in [-0.39, 0.29) is 16.9 Å². The van der Waals surface area contributed by atoms with Gasteiger partial charge in [0, 0.05) is 5.69 Å². The van der Waals surface area contributed by atoms with Gasteiger partial charge < -0.3 is 11.1 Å². The van der Waals surface area contributed by atoms with Gasteiger partial charge in [-0.3, -0.25) is 9.59 Å². The molecule has 1 unspecified atom stereocenters. The van der Waals surface area contributed by atoms with Gasteiger partial charge in [0.1, 0.15) is 0 Å². The first-order valence-electron chi connectivity index (χ1n) is 4.85. The summed E-state index contributed by atoms with van der Waals surface area (Å²) in [4.78, 5) is 22.2. The van der Waals surface area contributed by atoms with Gasteiger partial charge in [0.15, 0.2) is 0 Å². The first kappa shape index (κ1) is 12.6. The minimum absolute atomic E-state index is 0.135. The maximum absolute atomic E-state index is 11.5. The van der Waals surface area contributed by atoms with E-state index in [1.807, 2.05) is 18.2 Å². The summed E-state index contributed by atoms with van der Waals surface area (Å²) in [6.45, 7) is 1.68. The van der Waals surface area contributed by atoms with Crippen molar-refractivity contribution in [3.05, 3.63) is 30.3 Å². The van der Waals surface area contributed by atoms with Crippen molar-refractivity contribution in [3.63, 3.8) is 0 Å². The van der Waals surface area contributed by atoms with Gasteiger partial charge in [-0.25, -0.2) is 0 Å². The zero-order chi connectivity index (χ0) is 12.0. The van der Waals surface area contributed by atoms with Gasteiger partial charge in [-0.2, -0.15) is 0 Å². The molecule has 86 valence electrons. The van der Waals surface area contributed by atoms with E-state index >= 15 is 0 Å². The molecule has 0 heterocycles. The Morgan fingerprint density at radius 2 is 2.00 bits per heavy atom. The molecule has 0 spiro atoms. The maximum Gasteiger partial charge on any atom is 0.234 e. The van der Waals surface area contributed by atoms with Crippen LogP contribution in [0.15, 0.2) is 30.3 Å². The van der Waals surface area contributed by atoms with Gasteiger partial charge in [0.05, 0.1) is 11.0 Å². The Morgan fingerprint density at radius 1 is 1.38 bits per heavy atom. The summed E-state index contributed by atoms with van der Waals surface area (Å²) in [5, 5.41) is 2.38. The first-order chi connectivity index (χ1) is 7.59. The molecule has 1 rings (SSSR count). The van der Waals surface area contributed by atoms with Gasteiger partial charge in [0.25, 0.3) is 0 Å². The molecule has 4 nitrogen and oxygen atoms in total. The molecular weight excluding hydrogens is 224 g/mol. The second kappa shape index (κ2) is 6.17. The third kappa shape index (κ3) is 4.35. The van der Waals surface area contributed by atoms with Crippen molar-refractivity contribution in [3.8, 4) is 0 Å². The third-order valence-electron chi connectivity index (χ3n) is 1.92. The van der Waals surface area contributed by atoms with Crippen LogP contribution in [0.3, 0.4) is 0 Å². The molecule has 2 amide bonds. The molecule has 5 heteroatoms. The number of carbonyl (C=O) groups is 2. The van der Waals surface area contributed by atoms with Crippen LogP contribution in [0.5, 0.6) is 0 Å². The van der Waals surface area contributed by atoms with Crippen LogP contribution < -0.4 is 11.1 Å². The second-order valence-corrected chi connectivity index (χ2v) is 4.60. The molecule has 0 saturated heterocycles. The minimum atomic E-state index is -0.405. The van der Waals surface area contributed by atoms with Crippen molar-refractivity contribution >= 4 is 29.3 Å². The van der Waals surface area contributed by atoms with Crippen LogP contribution in [-0.2, 0) is 9.59 Å². The van der Waals surface area contributed by atoms with Crippen LogP contribution in [0.1, 0.15) is 6.92 Å². The van der Waals surface area contributed by atoms with Crippen molar-refractivity contribution in [2.24, 2.45) is 5.73 Å². The number of para-hydroxylation sites is 1. The lowest BCUT2D eigenvalue weighted by molar-refractivity contribution is -0.117. The molecule has 0 bridgehead atoms. The predicted octanol–water partition coefficient (Wildman–Crippen LogP) is 1.23. The van der Waals surface area contributed by atoms with E-state index in [0.717, 1.165) is 5.69 Å². The second-order valence-electron chi connectivity index (χ2n) is 3.27. The number of carbonyl (C=O) groups excluding carboxylic acids is 2. The van der Waals surface area contributed by atoms with Crippen molar-refractivity contribution in [2.45, 2.75) is 12.2 Å². The Morgan fingerprint density at radius 3 is 2.56 bits per heavy atom. The van der Waals surface area contributed by atoms with E-state index in [1.54, 1.807) is 19.1 Å². The summed E-state index contributed by atoms with van der Waals surface area (Å²) in [5.74, 6) is -0.319. The smallest absolute Gasteiger partial charge is 0.234 e. The number of thioether (sulfide) groups is 1. The van der Waals surface area contributed by atoms with Gasteiger partial charge in [-0.15, -0.1) is 11.8 Å². The topological polar surface area (TPSA) is 72.2 Å². The summed E-state index contributed by atoms with van der Waals surface area (Å²) >= 11 is 1.23. The van der Waals surface area contributed by atoms with Crippen molar-refractivity contribution in [1.82, 2.24) is 0 Å². The number of benzene rings is 1. The molecule has 0 aliphatic heterocycles. The van der Waals surface area contributed by atoms with E-state index in [0.29, 0.717) is 0 Å². The summed E-state index contributed by atoms with van der Waals surface area (Å²) in [7, 11) is 0. The number of hydrogen-bond acceptors (Lipinski definition) is 3. The average Bonchev–Trinajstić information content (AvgIpc) is 2.27. The molecule has 0 fully saturated rings. The van der Waals surface area contributed by atoms with E-state index < -0.39 is 5.91 Å². The summed E-state index contributed by atoms with van der Waals surface area (Å²) in [6.07, 6.45) is 0. The molecule has 0 saturated carbocycles. The molecule has 1 aromatic rings. The number of nitrogens with one attached hydrogen (secondary N) is 1. The number of nitrogens with two attached hydrogens (primary N) is 1. The van der Waals surface area contributed by atoms with Crippen LogP contribution >= 0.6 is 11.8 Å². The maximum atomic E-state index is 11.5. The average molecular weight is 238 g/mol. The van der Waals surface area contributed by atoms with Crippen LogP contribution in [0.25, 0.3) is 0 Å². The first-order valence-corrected chi connectivity index (χ1v) is 5.90. The van der Waals surface area contributed by atoms with Gasteiger partial charge in [0.2, 0.25) is 11.8 Å². The van der Waals surface area contributed by atoms with E-state index in [4.69, 9.17) is 5.73 Å². The zero-order valence-corrected chi connectivity index (χ0v) is 9.79. The fourth-order valence-corrected chi connectivity index (χ4v) is 1.64. The van der Waals surface area contributed by atoms with E-state index in [2.05, 4.69) is 5.32 Å². The predicted molar refractivity (Wildman–Crippen MR) is 66.2 cm³/mol. The van der Waals surface area contributed by atoms with Gasteiger partial charge in [-0.1, -0.05) is 18.2 Å². The summed E-state index contributed by atoms with van der Waals surface area (Å²) in [6, 6.07) is 9.17. The SMILES string of the molecule is CC(SCC(=O)Nc1ccccc1)C(N)=O. The number of amides is 2. The lowest BCUT2D eigenvalue weighted by Gasteiger charge is -2.07. The highest BCUT2D eigenvalue weighted by atomic mass is 32.2. The monoisotopic (exact) mass is 238 g/mol. The normalized spacial score (nSPS) is 11.8. The molecule has 0 aliphatic carbocycles. The number of anilines is 1. The van der Waals surface area contributed by atoms with Crippen LogP contribution in [-0.4, -0.2) is 22.8 Å². The molecular formula is C11H14N2O2S. The Bertz CT molecular complexity index is 368. The van der Waals surface area contributed by atoms with Crippen LogP contribution in [0.2, 0.25) is 0 Å².